The van der Waals surface area contributed by atoms with E-state index in [1.54, 1.807) is 0 Å². The predicted octanol–water partition coefficient (Wildman–Crippen LogP) is 3.09. The number of likely N-dealkylation sites (tertiary alicyclic amines) is 2. The van der Waals surface area contributed by atoms with Crippen LogP contribution < -0.4 is 5.32 Å². The van der Waals surface area contributed by atoms with Crippen LogP contribution in [0.4, 0.5) is 0 Å². The molecule has 1 unspecified atom stereocenters. The van der Waals surface area contributed by atoms with Crippen molar-refractivity contribution in [3.8, 4) is 0 Å². The Hall–Kier alpha value is -0.860. The molecule has 4 rings (SSSR count). The van der Waals surface area contributed by atoms with E-state index in [1.807, 2.05) is 7.05 Å². The number of fused-ring (bicyclic) bond motifs is 1. The van der Waals surface area contributed by atoms with E-state index in [1.165, 1.54) is 56.4 Å². The number of nitrogens with one attached hydrogen (secondary N) is 1. The number of halogens is 1. The number of piperidine rings is 1. The third-order valence-corrected chi connectivity index (χ3v) is 7.44. The molecule has 2 fully saturated rings. The second-order valence-corrected chi connectivity index (χ2v) is 9.60. The summed E-state index contributed by atoms with van der Waals surface area (Å²) in [5, 5.41) is 3.76. The normalized spacial score (nSPS) is 24.1. The van der Waals surface area contributed by atoms with E-state index >= 15 is 0 Å². The minimum atomic E-state index is 0. The highest BCUT2D eigenvalue weighted by Gasteiger charge is 2.39. The minimum Gasteiger partial charge on any atom is -0.354 e. The molecular formula is C24H40IN5. The Labute approximate surface area is 200 Å². The molecule has 30 heavy (non-hydrogen) atoms. The predicted molar refractivity (Wildman–Crippen MR) is 137 cm³/mol. The number of guanidine groups is 1. The number of nitrogens with zero attached hydrogens (tertiary/aromatic N) is 4. The summed E-state index contributed by atoms with van der Waals surface area (Å²) >= 11 is 0. The molecule has 168 valence electrons. The molecule has 5 nitrogen and oxygen atoms in total. The van der Waals surface area contributed by atoms with Crippen molar-refractivity contribution < 1.29 is 0 Å². The molecule has 2 heterocycles. The fourth-order valence-corrected chi connectivity index (χ4v) is 5.53. The van der Waals surface area contributed by atoms with Crippen molar-refractivity contribution in [2.45, 2.75) is 44.1 Å². The van der Waals surface area contributed by atoms with E-state index < -0.39 is 0 Å². The van der Waals surface area contributed by atoms with Crippen molar-refractivity contribution in [1.82, 2.24) is 20.0 Å². The van der Waals surface area contributed by atoms with Crippen LogP contribution in [0.3, 0.4) is 0 Å². The van der Waals surface area contributed by atoms with E-state index in [0.717, 1.165) is 44.4 Å². The van der Waals surface area contributed by atoms with Crippen LogP contribution in [-0.4, -0.2) is 86.6 Å². The van der Waals surface area contributed by atoms with Gasteiger partial charge in [-0.25, -0.2) is 0 Å². The lowest BCUT2D eigenvalue weighted by Gasteiger charge is -2.38. The highest BCUT2D eigenvalue weighted by molar-refractivity contribution is 14.0. The van der Waals surface area contributed by atoms with Crippen LogP contribution in [-0.2, 0) is 12.8 Å². The first-order valence-electron chi connectivity index (χ1n) is 11.5. The zero-order chi connectivity index (χ0) is 20.3. The Kier molecular flexibility index (Phi) is 8.44. The van der Waals surface area contributed by atoms with Crippen LogP contribution >= 0.6 is 24.0 Å². The lowest BCUT2D eigenvalue weighted by molar-refractivity contribution is 0.163. The first-order chi connectivity index (χ1) is 14.1. The summed E-state index contributed by atoms with van der Waals surface area (Å²) in [6.07, 6.45) is 7.70. The topological polar surface area (TPSA) is 34.1 Å². The quantitative estimate of drug-likeness (QED) is 0.364. The molecule has 0 spiro atoms. The molecule has 3 aliphatic rings. The van der Waals surface area contributed by atoms with Gasteiger partial charge in [0, 0.05) is 38.8 Å². The van der Waals surface area contributed by atoms with Gasteiger partial charge in [0.1, 0.15) is 0 Å². The molecule has 0 bridgehead atoms. The van der Waals surface area contributed by atoms with Crippen molar-refractivity contribution in [3.63, 3.8) is 0 Å². The van der Waals surface area contributed by atoms with Gasteiger partial charge in [0.15, 0.2) is 5.96 Å². The fraction of sp³-hybridized carbons (Fsp3) is 0.708. The van der Waals surface area contributed by atoms with Gasteiger partial charge in [-0.2, -0.15) is 0 Å². The average Bonchev–Trinajstić information content (AvgIpc) is 3.34. The summed E-state index contributed by atoms with van der Waals surface area (Å²) < 4.78 is 0. The second-order valence-electron chi connectivity index (χ2n) is 9.60. The smallest absolute Gasteiger partial charge is 0.193 e. The van der Waals surface area contributed by atoms with Gasteiger partial charge in [-0.15, -0.1) is 24.0 Å². The van der Waals surface area contributed by atoms with E-state index in [-0.39, 0.29) is 29.5 Å². The van der Waals surface area contributed by atoms with Crippen LogP contribution in [0.1, 0.15) is 36.8 Å². The van der Waals surface area contributed by atoms with Gasteiger partial charge < -0.3 is 20.0 Å². The summed E-state index contributed by atoms with van der Waals surface area (Å²) in [6.45, 7) is 7.09. The van der Waals surface area contributed by atoms with Gasteiger partial charge in [-0.1, -0.05) is 30.7 Å². The summed E-state index contributed by atoms with van der Waals surface area (Å²) in [4.78, 5) is 12.2. The SMILES string of the molecule is CN=C(NCC1(N(C)C)Cc2ccccc2C1)N1CCC(CN2CCCCC2)C1.I. The molecule has 0 amide bonds. The maximum absolute atomic E-state index is 4.65. The number of hydrogen-bond acceptors (Lipinski definition) is 3. The number of hydrogen-bond donors (Lipinski definition) is 1. The summed E-state index contributed by atoms with van der Waals surface area (Å²) in [6, 6.07) is 8.93. The van der Waals surface area contributed by atoms with E-state index in [9.17, 15) is 0 Å². The van der Waals surface area contributed by atoms with Crippen molar-refractivity contribution in [3.05, 3.63) is 35.4 Å². The zero-order valence-electron chi connectivity index (χ0n) is 19.1. The Morgan fingerprint density at radius 2 is 1.77 bits per heavy atom. The van der Waals surface area contributed by atoms with Crippen LogP contribution in [0.2, 0.25) is 0 Å². The third-order valence-electron chi connectivity index (χ3n) is 7.44. The second kappa shape index (κ2) is 10.6. The summed E-state index contributed by atoms with van der Waals surface area (Å²) in [5.41, 5.74) is 3.13. The highest BCUT2D eigenvalue weighted by Crippen LogP contribution is 2.33. The number of benzene rings is 1. The average molecular weight is 526 g/mol. The molecule has 2 saturated heterocycles. The van der Waals surface area contributed by atoms with Gasteiger partial charge in [0.25, 0.3) is 0 Å². The molecule has 1 aromatic rings. The van der Waals surface area contributed by atoms with Crippen LogP contribution in [0.25, 0.3) is 0 Å². The Bertz CT molecular complexity index is 688. The number of rotatable bonds is 5. The van der Waals surface area contributed by atoms with Crippen LogP contribution in [0.5, 0.6) is 0 Å². The third kappa shape index (κ3) is 5.30. The van der Waals surface area contributed by atoms with Gasteiger partial charge in [0.2, 0.25) is 0 Å². The minimum absolute atomic E-state index is 0. The first kappa shape index (κ1) is 23.8. The lowest BCUT2D eigenvalue weighted by Crippen LogP contribution is -2.55. The van der Waals surface area contributed by atoms with Crippen LogP contribution in [0, 0.1) is 5.92 Å². The maximum atomic E-state index is 4.65. The molecule has 2 aliphatic heterocycles. The summed E-state index contributed by atoms with van der Waals surface area (Å²) in [5.74, 6) is 1.87. The van der Waals surface area contributed by atoms with Gasteiger partial charge in [-0.05, 0) is 76.3 Å². The van der Waals surface area contributed by atoms with E-state index in [0.29, 0.717) is 0 Å². The largest absolute Gasteiger partial charge is 0.354 e. The Morgan fingerprint density at radius 1 is 1.10 bits per heavy atom. The maximum Gasteiger partial charge on any atom is 0.193 e. The molecular weight excluding hydrogens is 485 g/mol. The lowest BCUT2D eigenvalue weighted by atomic mass is 9.94. The molecule has 1 N–H and O–H groups in total. The van der Waals surface area contributed by atoms with Crippen LogP contribution in [0.15, 0.2) is 29.3 Å². The Morgan fingerprint density at radius 3 is 2.37 bits per heavy atom. The highest BCUT2D eigenvalue weighted by atomic mass is 127. The molecule has 1 atom stereocenters. The number of likely N-dealkylation sites (N-methyl/N-ethyl adjacent to an activating group) is 1. The Balaban J connectivity index is 0.00000256. The van der Waals surface area contributed by atoms with Crippen molar-refractivity contribution in [2.75, 3.05) is 60.4 Å². The first-order valence-corrected chi connectivity index (χ1v) is 11.5. The van der Waals surface area contributed by atoms with Crippen molar-refractivity contribution in [1.29, 1.82) is 0 Å². The number of aliphatic imine (C=N–C) groups is 1. The standard InChI is InChI=1S/C24H39N5.HI/c1-25-23(29-14-11-20(18-29)17-28-12-7-4-8-13-28)26-19-24(27(2)3)15-21-9-5-6-10-22(21)16-24;/h5-6,9-10,20H,4,7-8,11-19H2,1-3H3,(H,25,26);1H. The summed E-state index contributed by atoms with van der Waals surface area (Å²) in [7, 11) is 6.38. The monoisotopic (exact) mass is 525 g/mol. The molecule has 1 aromatic carbocycles. The van der Waals surface area contributed by atoms with Gasteiger partial charge in [-0.3, -0.25) is 4.99 Å². The molecule has 1 aliphatic carbocycles. The van der Waals surface area contributed by atoms with Crippen molar-refractivity contribution in [2.24, 2.45) is 10.9 Å². The fourth-order valence-electron chi connectivity index (χ4n) is 5.53. The van der Waals surface area contributed by atoms with E-state index in [2.05, 4.69) is 63.4 Å². The molecule has 0 saturated carbocycles. The molecule has 0 radical (unpaired) electrons. The van der Waals surface area contributed by atoms with Gasteiger partial charge in [0.05, 0.1) is 0 Å². The van der Waals surface area contributed by atoms with Crippen molar-refractivity contribution >= 4 is 29.9 Å². The molecule has 6 heteroatoms. The van der Waals surface area contributed by atoms with Gasteiger partial charge >= 0.3 is 0 Å². The molecule has 0 aromatic heterocycles. The van der Waals surface area contributed by atoms with E-state index in [4.69, 9.17) is 0 Å². The zero-order valence-corrected chi connectivity index (χ0v) is 21.4.